The fourth-order valence-electron chi connectivity index (χ4n) is 2.79. The number of carbonyl (C=O) groups is 2. The van der Waals surface area contributed by atoms with Crippen LogP contribution >= 0.6 is 11.6 Å². The van der Waals surface area contributed by atoms with Crippen LogP contribution in [0.3, 0.4) is 0 Å². The first-order valence-electron chi connectivity index (χ1n) is 8.34. The molecule has 2 N–H and O–H groups in total. The van der Waals surface area contributed by atoms with E-state index >= 15 is 0 Å². The maximum Gasteiger partial charge on any atom is 0.410 e. The zero-order valence-corrected chi connectivity index (χ0v) is 15.5. The molecule has 1 aliphatic rings. The van der Waals surface area contributed by atoms with Crippen LogP contribution in [-0.4, -0.2) is 46.8 Å². The first kappa shape index (κ1) is 19.5. The Morgan fingerprint density at radius 3 is 2.52 bits per heavy atom. The van der Waals surface area contributed by atoms with Crippen LogP contribution < -0.4 is 5.32 Å². The molecule has 0 aliphatic carbocycles. The average molecular weight is 369 g/mol. The van der Waals surface area contributed by atoms with Crippen molar-refractivity contribution in [2.75, 3.05) is 13.1 Å². The van der Waals surface area contributed by atoms with Crippen molar-refractivity contribution >= 4 is 23.7 Å². The quantitative estimate of drug-likeness (QED) is 0.853. The number of aliphatic carboxylic acids is 1. The van der Waals surface area contributed by atoms with Crippen molar-refractivity contribution in [3.63, 3.8) is 0 Å². The normalized spacial score (nSPS) is 21.0. The van der Waals surface area contributed by atoms with E-state index in [1.807, 2.05) is 12.1 Å². The third-order valence-electron chi connectivity index (χ3n) is 4.06. The maximum atomic E-state index is 12.2. The highest BCUT2D eigenvalue weighted by Crippen LogP contribution is 2.21. The van der Waals surface area contributed by atoms with Crippen molar-refractivity contribution < 1.29 is 19.4 Å². The van der Waals surface area contributed by atoms with E-state index in [1.165, 1.54) is 4.90 Å². The second-order valence-corrected chi connectivity index (χ2v) is 7.71. The summed E-state index contributed by atoms with van der Waals surface area (Å²) in [5.41, 5.74) is 0.433. The number of hydrogen-bond donors (Lipinski definition) is 2. The molecular formula is C18H25ClN2O4. The maximum absolute atomic E-state index is 12.2. The highest BCUT2D eigenvalue weighted by molar-refractivity contribution is 6.30. The monoisotopic (exact) mass is 368 g/mol. The molecule has 1 fully saturated rings. The van der Waals surface area contributed by atoms with Crippen LogP contribution in [0.5, 0.6) is 0 Å². The number of nitrogens with one attached hydrogen (secondary N) is 1. The van der Waals surface area contributed by atoms with Crippen molar-refractivity contribution in [3.8, 4) is 0 Å². The topological polar surface area (TPSA) is 78.9 Å². The van der Waals surface area contributed by atoms with Gasteiger partial charge in [0.2, 0.25) is 0 Å². The Morgan fingerprint density at radius 2 is 1.96 bits per heavy atom. The van der Waals surface area contributed by atoms with E-state index in [9.17, 15) is 14.7 Å². The van der Waals surface area contributed by atoms with E-state index in [0.29, 0.717) is 24.5 Å². The molecule has 0 unspecified atom stereocenters. The van der Waals surface area contributed by atoms with Crippen molar-refractivity contribution in [3.05, 3.63) is 34.9 Å². The number of benzene rings is 1. The molecule has 0 radical (unpaired) electrons. The predicted octanol–water partition coefficient (Wildman–Crippen LogP) is 3.14. The Bertz CT molecular complexity index is 612. The van der Waals surface area contributed by atoms with Crippen molar-refractivity contribution in [1.82, 2.24) is 10.2 Å². The molecule has 1 aromatic carbocycles. The van der Waals surface area contributed by atoms with E-state index in [1.54, 1.807) is 32.9 Å². The minimum atomic E-state index is -0.915. The molecule has 0 spiro atoms. The molecule has 7 heteroatoms. The van der Waals surface area contributed by atoms with Gasteiger partial charge in [0.25, 0.3) is 0 Å². The summed E-state index contributed by atoms with van der Waals surface area (Å²) in [6.45, 7) is 6.54. The van der Waals surface area contributed by atoms with Gasteiger partial charge < -0.3 is 20.1 Å². The van der Waals surface area contributed by atoms with Crippen LogP contribution in [-0.2, 0) is 16.1 Å². The first-order chi connectivity index (χ1) is 11.7. The Morgan fingerprint density at radius 1 is 1.32 bits per heavy atom. The second kappa shape index (κ2) is 8.06. The van der Waals surface area contributed by atoms with Gasteiger partial charge >= 0.3 is 12.1 Å². The largest absolute Gasteiger partial charge is 0.481 e. The Hall–Kier alpha value is -1.79. The molecule has 1 aromatic rings. The van der Waals surface area contributed by atoms with Crippen LogP contribution in [0.2, 0.25) is 5.02 Å². The number of piperidine rings is 1. The minimum Gasteiger partial charge on any atom is -0.481 e. The van der Waals surface area contributed by atoms with Gasteiger partial charge in [-0.25, -0.2) is 4.79 Å². The summed E-state index contributed by atoms with van der Waals surface area (Å²) < 4.78 is 5.34. The summed E-state index contributed by atoms with van der Waals surface area (Å²) in [6.07, 6.45) is 0.0963. The lowest BCUT2D eigenvalue weighted by molar-refractivity contribution is -0.144. The molecular weight excluding hydrogens is 344 g/mol. The number of carboxylic acids is 1. The van der Waals surface area contributed by atoms with E-state index in [0.717, 1.165) is 5.56 Å². The lowest BCUT2D eigenvalue weighted by Crippen LogP contribution is -2.54. The van der Waals surface area contributed by atoms with Crippen molar-refractivity contribution in [1.29, 1.82) is 0 Å². The second-order valence-electron chi connectivity index (χ2n) is 7.27. The predicted molar refractivity (Wildman–Crippen MR) is 95.6 cm³/mol. The van der Waals surface area contributed by atoms with Gasteiger partial charge in [-0.05, 0) is 44.9 Å². The van der Waals surface area contributed by atoms with Crippen LogP contribution in [0, 0.1) is 5.92 Å². The molecule has 0 saturated carbocycles. The van der Waals surface area contributed by atoms with Gasteiger partial charge in [-0.15, -0.1) is 0 Å². The first-order valence-corrected chi connectivity index (χ1v) is 8.72. The van der Waals surface area contributed by atoms with Crippen LogP contribution in [0.1, 0.15) is 32.8 Å². The average Bonchev–Trinajstić information content (AvgIpc) is 2.52. The molecule has 0 bridgehead atoms. The highest BCUT2D eigenvalue weighted by atomic mass is 35.5. The fraction of sp³-hybridized carbons (Fsp3) is 0.556. The third-order valence-corrected chi connectivity index (χ3v) is 4.32. The van der Waals surface area contributed by atoms with Crippen molar-refractivity contribution in [2.24, 2.45) is 5.92 Å². The van der Waals surface area contributed by atoms with Gasteiger partial charge in [-0.2, -0.15) is 0 Å². The van der Waals surface area contributed by atoms with Gasteiger partial charge in [0.1, 0.15) is 5.60 Å². The molecule has 6 nitrogen and oxygen atoms in total. The number of hydrogen-bond acceptors (Lipinski definition) is 4. The van der Waals surface area contributed by atoms with Crippen molar-refractivity contribution in [2.45, 2.75) is 45.4 Å². The smallest absolute Gasteiger partial charge is 0.410 e. The summed E-state index contributed by atoms with van der Waals surface area (Å²) in [5.74, 6) is -1.59. The van der Waals surface area contributed by atoms with Crippen LogP contribution in [0.25, 0.3) is 0 Å². The summed E-state index contributed by atoms with van der Waals surface area (Å²) in [6, 6.07) is 7.21. The minimum absolute atomic E-state index is 0.141. The Kier molecular flexibility index (Phi) is 6.30. The Balaban J connectivity index is 1.96. The van der Waals surface area contributed by atoms with Crippen LogP contribution in [0.4, 0.5) is 4.79 Å². The lowest BCUT2D eigenvalue weighted by Gasteiger charge is -2.37. The summed E-state index contributed by atoms with van der Waals surface area (Å²) in [5, 5.41) is 13.5. The van der Waals surface area contributed by atoms with Crippen LogP contribution in [0.15, 0.2) is 24.3 Å². The lowest BCUT2D eigenvalue weighted by atomic mass is 9.92. The molecule has 138 valence electrons. The molecule has 1 heterocycles. The number of carbonyl (C=O) groups excluding carboxylic acids is 1. The number of ether oxygens (including phenoxy) is 1. The molecule has 1 saturated heterocycles. The molecule has 0 aromatic heterocycles. The zero-order chi connectivity index (χ0) is 18.6. The molecule has 2 atom stereocenters. The molecule has 25 heavy (non-hydrogen) atoms. The van der Waals surface area contributed by atoms with E-state index in [2.05, 4.69) is 5.32 Å². The number of rotatable bonds is 4. The number of nitrogens with zero attached hydrogens (tertiary/aromatic N) is 1. The van der Waals surface area contributed by atoms with E-state index in [4.69, 9.17) is 16.3 Å². The summed E-state index contributed by atoms with van der Waals surface area (Å²) >= 11 is 5.87. The van der Waals surface area contributed by atoms with Gasteiger partial charge in [-0.1, -0.05) is 23.7 Å². The number of amides is 1. The highest BCUT2D eigenvalue weighted by Gasteiger charge is 2.37. The van der Waals surface area contributed by atoms with Gasteiger partial charge in [0.05, 0.1) is 5.92 Å². The Labute approximate surface area is 153 Å². The molecule has 1 amide bonds. The zero-order valence-electron chi connectivity index (χ0n) is 14.8. The molecule has 2 rings (SSSR count). The summed E-state index contributed by atoms with van der Waals surface area (Å²) in [7, 11) is 0. The number of likely N-dealkylation sites (tertiary alicyclic amines) is 1. The van der Waals surface area contributed by atoms with Gasteiger partial charge in [-0.3, -0.25) is 4.79 Å². The third kappa shape index (κ3) is 5.90. The van der Waals surface area contributed by atoms with E-state index in [-0.39, 0.29) is 12.6 Å². The van der Waals surface area contributed by atoms with E-state index < -0.39 is 23.6 Å². The van der Waals surface area contributed by atoms with Gasteiger partial charge in [0, 0.05) is 30.7 Å². The molecule has 1 aliphatic heterocycles. The number of halogens is 1. The number of carboxylic acid groups (broad SMARTS) is 1. The SMILES string of the molecule is CC(C)(C)OC(=O)N1CC[C@@H](NCc2ccc(Cl)cc2)[C@@H](C(=O)O)C1. The fourth-order valence-corrected chi connectivity index (χ4v) is 2.92. The summed E-state index contributed by atoms with van der Waals surface area (Å²) in [4.78, 5) is 25.3. The standard InChI is InChI=1S/C18H25ClN2O4/c1-18(2,3)25-17(24)21-9-8-15(14(11-21)16(22)23)20-10-12-4-6-13(19)7-5-12/h4-7,14-15,20H,8-11H2,1-3H3,(H,22,23)/t14-,15+/m0/s1. The van der Waals surface area contributed by atoms with Gasteiger partial charge in [0.15, 0.2) is 0 Å².